The van der Waals surface area contributed by atoms with Gasteiger partial charge in [0.25, 0.3) is 0 Å². The first-order valence-electron chi connectivity index (χ1n) is 7.91. The molecular formula is C17H18ClN5O. The average Bonchev–Trinajstić information content (AvgIpc) is 3.10. The van der Waals surface area contributed by atoms with Gasteiger partial charge in [0.05, 0.1) is 30.0 Å². The van der Waals surface area contributed by atoms with E-state index < -0.39 is 0 Å². The van der Waals surface area contributed by atoms with Crippen molar-refractivity contribution in [3.05, 3.63) is 41.7 Å². The largest absolute Gasteiger partial charge is 0.373 e. The number of halogens is 1. The molecule has 1 aromatic carbocycles. The van der Waals surface area contributed by atoms with Gasteiger partial charge < -0.3 is 15.4 Å². The first-order chi connectivity index (χ1) is 11.8. The number of H-pyrrole nitrogens is 1. The Balaban J connectivity index is 1.90. The van der Waals surface area contributed by atoms with E-state index in [1.807, 2.05) is 36.7 Å². The number of nitrogens with two attached hydrogens (primary N) is 1. The van der Waals surface area contributed by atoms with E-state index in [-0.39, 0.29) is 6.10 Å². The van der Waals surface area contributed by atoms with Crippen molar-refractivity contribution in [2.24, 2.45) is 5.73 Å². The summed E-state index contributed by atoms with van der Waals surface area (Å²) in [6.07, 6.45) is 3.68. The van der Waals surface area contributed by atoms with Crippen molar-refractivity contribution in [3.63, 3.8) is 0 Å². The van der Waals surface area contributed by atoms with E-state index in [9.17, 15) is 0 Å². The van der Waals surface area contributed by atoms with Crippen molar-refractivity contribution in [2.45, 2.75) is 6.10 Å². The molecule has 3 N–H and O–H groups in total. The summed E-state index contributed by atoms with van der Waals surface area (Å²) < 4.78 is 5.71. The third-order valence-electron chi connectivity index (χ3n) is 4.33. The fourth-order valence-corrected chi connectivity index (χ4v) is 3.41. The lowest BCUT2D eigenvalue weighted by molar-refractivity contribution is 0.0467. The average molecular weight is 344 g/mol. The quantitative estimate of drug-likeness (QED) is 0.763. The minimum atomic E-state index is 0.0213. The van der Waals surface area contributed by atoms with Crippen LogP contribution < -0.4 is 10.6 Å². The third-order valence-corrected chi connectivity index (χ3v) is 4.66. The number of fused-ring (bicyclic) bond motifs is 1. The molecule has 124 valence electrons. The third kappa shape index (κ3) is 2.62. The second-order valence-corrected chi connectivity index (χ2v) is 6.21. The monoisotopic (exact) mass is 343 g/mol. The highest BCUT2D eigenvalue weighted by Gasteiger charge is 2.25. The summed E-state index contributed by atoms with van der Waals surface area (Å²) in [5.41, 5.74) is 9.59. The molecule has 0 aliphatic carbocycles. The maximum absolute atomic E-state index is 6.44. The smallest absolute Gasteiger partial charge is 0.157 e. The van der Waals surface area contributed by atoms with E-state index in [0.717, 1.165) is 40.9 Å². The number of nitrogens with zero attached hydrogens (tertiary/aromatic N) is 3. The minimum Gasteiger partial charge on any atom is -0.373 e. The van der Waals surface area contributed by atoms with Crippen molar-refractivity contribution in [2.75, 3.05) is 31.1 Å². The summed E-state index contributed by atoms with van der Waals surface area (Å²) >= 11 is 6.44. The van der Waals surface area contributed by atoms with Crippen LogP contribution in [0.2, 0.25) is 5.02 Å². The van der Waals surface area contributed by atoms with Gasteiger partial charge in [-0.15, -0.1) is 0 Å². The summed E-state index contributed by atoms with van der Waals surface area (Å²) in [6.45, 7) is 2.67. The molecule has 0 amide bonds. The zero-order valence-electron chi connectivity index (χ0n) is 13.1. The van der Waals surface area contributed by atoms with Crippen LogP contribution >= 0.6 is 11.6 Å². The standard InChI is InChI=1S/C17H18ClN5O/c18-15-4-2-1-3-12(15)13-8-20-17-14(9-21-22-17)16(13)23-5-6-24-11(7-19)10-23/h1-4,8-9,11H,5-7,10,19H2,(H,20,21,22). The molecule has 1 fully saturated rings. The molecule has 7 heteroatoms. The van der Waals surface area contributed by atoms with Crippen molar-refractivity contribution in [1.82, 2.24) is 15.2 Å². The highest BCUT2D eigenvalue weighted by molar-refractivity contribution is 6.33. The van der Waals surface area contributed by atoms with E-state index in [4.69, 9.17) is 22.1 Å². The SMILES string of the molecule is NCC1CN(c2c(-c3ccccc3Cl)cnc3[nH]ncc23)CCO1. The molecule has 1 saturated heterocycles. The molecule has 0 bridgehead atoms. The van der Waals surface area contributed by atoms with Crippen LogP contribution in [0.4, 0.5) is 5.69 Å². The van der Waals surface area contributed by atoms with Gasteiger partial charge in [0, 0.05) is 42.0 Å². The first kappa shape index (κ1) is 15.4. The number of ether oxygens (including phenoxy) is 1. The van der Waals surface area contributed by atoms with Gasteiger partial charge in [-0.05, 0) is 6.07 Å². The van der Waals surface area contributed by atoms with Crippen LogP contribution in [-0.2, 0) is 4.74 Å². The number of aromatic nitrogens is 3. The lowest BCUT2D eigenvalue weighted by Crippen LogP contribution is -2.46. The predicted molar refractivity (Wildman–Crippen MR) is 95.3 cm³/mol. The summed E-state index contributed by atoms with van der Waals surface area (Å²) in [7, 11) is 0. The number of benzene rings is 1. The minimum absolute atomic E-state index is 0.0213. The molecule has 0 spiro atoms. The van der Waals surface area contributed by atoms with Gasteiger partial charge >= 0.3 is 0 Å². The van der Waals surface area contributed by atoms with E-state index in [2.05, 4.69) is 20.1 Å². The number of hydrogen-bond donors (Lipinski definition) is 2. The molecule has 3 aromatic rings. The Labute approximate surface area is 144 Å². The molecule has 4 rings (SSSR count). The lowest BCUT2D eigenvalue weighted by Gasteiger charge is -2.35. The maximum Gasteiger partial charge on any atom is 0.157 e. The highest BCUT2D eigenvalue weighted by atomic mass is 35.5. The second-order valence-electron chi connectivity index (χ2n) is 5.81. The van der Waals surface area contributed by atoms with E-state index in [0.29, 0.717) is 18.2 Å². The summed E-state index contributed by atoms with van der Waals surface area (Å²) in [6, 6.07) is 7.80. The highest BCUT2D eigenvalue weighted by Crippen LogP contribution is 2.39. The van der Waals surface area contributed by atoms with Crippen LogP contribution in [0.15, 0.2) is 36.7 Å². The number of anilines is 1. The zero-order valence-corrected chi connectivity index (χ0v) is 13.8. The van der Waals surface area contributed by atoms with Gasteiger partial charge in [-0.1, -0.05) is 29.8 Å². The van der Waals surface area contributed by atoms with Crippen LogP contribution in [0.25, 0.3) is 22.2 Å². The maximum atomic E-state index is 6.44. The number of morpholine rings is 1. The molecule has 1 aliphatic rings. The molecule has 0 saturated carbocycles. The number of rotatable bonds is 3. The van der Waals surface area contributed by atoms with Crippen LogP contribution in [0.5, 0.6) is 0 Å². The first-order valence-corrected chi connectivity index (χ1v) is 8.29. The number of hydrogen-bond acceptors (Lipinski definition) is 5. The topological polar surface area (TPSA) is 80.1 Å². The second kappa shape index (κ2) is 6.39. The Morgan fingerprint density at radius 2 is 2.17 bits per heavy atom. The summed E-state index contributed by atoms with van der Waals surface area (Å²) in [5, 5.41) is 8.77. The normalized spacial score (nSPS) is 18.2. The van der Waals surface area contributed by atoms with Gasteiger partial charge in [0.15, 0.2) is 5.65 Å². The Morgan fingerprint density at radius 3 is 3.00 bits per heavy atom. The van der Waals surface area contributed by atoms with Gasteiger partial charge in [-0.25, -0.2) is 4.98 Å². The van der Waals surface area contributed by atoms with E-state index >= 15 is 0 Å². The molecule has 1 unspecified atom stereocenters. The van der Waals surface area contributed by atoms with Gasteiger partial charge in [-0.2, -0.15) is 5.10 Å². The summed E-state index contributed by atoms with van der Waals surface area (Å²) in [5.74, 6) is 0. The van der Waals surface area contributed by atoms with Crippen LogP contribution in [0, 0.1) is 0 Å². The van der Waals surface area contributed by atoms with Crippen molar-refractivity contribution in [3.8, 4) is 11.1 Å². The molecule has 3 heterocycles. The fourth-order valence-electron chi connectivity index (χ4n) is 3.17. The Bertz CT molecular complexity index is 865. The molecule has 24 heavy (non-hydrogen) atoms. The van der Waals surface area contributed by atoms with Crippen molar-refractivity contribution in [1.29, 1.82) is 0 Å². The van der Waals surface area contributed by atoms with Crippen LogP contribution in [0.1, 0.15) is 0 Å². The predicted octanol–water partition coefficient (Wildman–Crippen LogP) is 2.44. The molecular weight excluding hydrogens is 326 g/mol. The van der Waals surface area contributed by atoms with Gasteiger partial charge in [-0.3, -0.25) is 5.10 Å². The van der Waals surface area contributed by atoms with Crippen molar-refractivity contribution >= 4 is 28.3 Å². The zero-order chi connectivity index (χ0) is 16.5. The fraction of sp³-hybridized carbons (Fsp3) is 0.294. The lowest BCUT2D eigenvalue weighted by atomic mass is 10.0. The van der Waals surface area contributed by atoms with E-state index in [1.165, 1.54) is 0 Å². The van der Waals surface area contributed by atoms with Gasteiger partial charge in [0.1, 0.15) is 0 Å². The Hall–Kier alpha value is -2.15. The number of nitrogens with one attached hydrogen (secondary N) is 1. The molecule has 1 aliphatic heterocycles. The molecule has 2 aromatic heterocycles. The Morgan fingerprint density at radius 1 is 1.29 bits per heavy atom. The number of aromatic amines is 1. The summed E-state index contributed by atoms with van der Waals surface area (Å²) in [4.78, 5) is 6.78. The van der Waals surface area contributed by atoms with E-state index in [1.54, 1.807) is 0 Å². The number of pyridine rings is 1. The Kier molecular flexibility index (Phi) is 4.10. The van der Waals surface area contributed by atoms with Crippen molar-refractivity contribution < 1.29 is 4.74 Å². The van der Waals surface area contributed by atoms with Crippen LogP contribution in [-0.4, -0.2) is 47.5 Å². The molecule has 1 atom stereocenters. The molecule has 0 radical (unpaired) electrons. The van der Waals surface area contributed by atoms with Gasteiger partial charge in [0.2, 0.25) is 0 Å². The molecule has 6 nitrogen and oxygen atoms in total. The van der Waals surface area contributed by atoms with Crippen LogP contribution in [0.3, 0.4) is 0 Å².